The van der Waals surface area contributed by atoms with Crippen LogP contribution in [0.5, 0.6) is 0 Å². The molecule has 1 unspecified atom stereocenters. The van der Waals surface area contributed by atoms with Crippen LogP contribution in [0, 0.1) is 11.8 Å². The summed E-state index contributed by atoms with van der Waals surface area (Å²) in [7, 11) is 2.00. The SMILES string of the molecule is CN(CCCO)c1ccc(C#Cc2cc3c([nH]2)=NCC(F)C=3)cc1. The summed E-state index contributed by atoms with van der Waals surface area (Å²) in [5, 5.41) is 9.66. The fourth-order valence-electron chi connectivity index (χ4n) is 2.59. The minimum absolute atomic E-state index is 0.172. The first-order valence-electron chi connectivity index (χ1n) is 7.99. The summed E-state index contributed by atoms with van der Waals surface area (Å²) in [5.41, 5.74) is 3.44. The summed E-state index contributed by atoms with van der Waals surface area (Å²) >= 11 is 0. The zero-order valence-corrected chi connectivity index (χ0v) is 13.6. The van der Waals surface area contributed by atoms with Gasteiger partial charge in [-0.2, -0.15) is 0 Å². The number of aliphatic hydroxyl groups is 1. The number of anilines is 1. The van der Waals surface area contributed by atoms with E-state index in [4.69, 9.17) is 5.11 Å². The summed E-state index contributed by atoms with van der Waals surface area (Å²) in [6.07, 6.45) is 1.31. The topological polar surface area (TPSA) is 51.6 Å². The molecule has 2 aromatic rings. The molecule has 1 atom stereocenters. The van der Waals surface area contributed by atoms with Crippen LogP contribution in [0.3, 0.4) is 0 Å². The van der Waals surface area contributed by atoms with Crippen molar-refractivity contribution in [1.82, 2.24) is 4.98 Å². The van der Waals surface area contributed by atoms with Crippen LogP contribution in [0.2, 0.25) is 0 Å². The summed E-state index contributed by atoms with van der Waals surface area (Å²) in [6.45, 7) is 1.18. The lowest BCUT2D eigenvalue weighted by Gasteiger charge is -2.18. The van der Waals surface area contributed by atoms with E-state index in [1.807, 2.05) is 37.4 Å². The van der Waals surface area contributed by atoms with E-state index in [1.54, 1.807) is 6.08 Å². The van der Waals surface area contributed by atoms with Crippen molar-refractivity contribution < 1.29 is 9.50 Å². The third kappa shape index (κ3) is 3.84. The first kappa shape index (κ1) is 16.3. The standard InChI is InChI=1S/C19H20FN3O/c1-23(9-2-10-24)18-7-4-14(5-8-18)3-6-17-12-15-11-16(20)13-21-19(15)22-17/h4-5,7-8,11-12,16,24H,2,9-10,13H2,1H3,(H,21,22). The zero-order chi connectivity index (χ0) is 16.9. The Morgan fingerprint density at radius 3 is 2.88 bits per heavy atom. The molecule has 0 saturated heterocycles. The van der Waals surface area contributed by atoms with Crippen molar-refractivity contribution in [2.75, 3.05) is 31.6 Å². The highest BCUT2D eigenvalue weighted by atomic mass is 19.1. The van der Waals surface area contributed by atoms with Crippen molar-refractivity contribution in [3.63, 3.8) is 0 Å². The number of alkyl halides is 1. The summed E-state index contributed by atoms with van der Waals surface area (Å²) < 4.78 is 13.3. The van der Waals surface area contributed by atoms with E-state index in [-0.39, 0.29) is 13.2 Å². The van der Waals surface area contributed by atoms with Gasteiger partial charge in [0.25, 0.3) is 0 Å². The fraction of sp³-hybridized carbons (Fsp3) is 0.316. The van der Waals surface area contributed by atoms with Crippen molar-refractivity contribution >= 4 is 11.8 Å². The maximum absolute atomic E-state index is 13.3. The van der Waals surface area contributed by atoms with Crippen molar-refractivity contribution in [2.45, 2.75) is 12.6 Å². The molecule has 0 aliphatic carbocycles. The molecule has 1 aromatic carbocycles. The number of H-pyrrole nitrogens is 1. The molecule has 0 radical (unpaired) electrons. The van der Waals surface area contributed by atoms with Gasteiger partial charge in [0.05, 0.1) is 12.2 Å². The largest absolute Gasteiger partial charge is 0.396 e. The highest BCUT2D eigenvalue weighted by molar-refractivity contribution is 5.51. The van der Waals surface area contributed by atoms with Gasteiger partial charge in [0.15, 0.2) is 0 Å². The van der Waals surface area contributed by atoms with E-state index in [2.05, 4.69) is 26.7 Å². The van der Waals surface area contributed by atoms with Crippen molar-refractivity contribution in [2.24, 2.45) is 4.99 Å². The molecule has 3 rings (SSSR count). The van der Waals surface area contributed by atoms with E-state index in [1.165, 1.54) is 0 Å². The monoisotopic (exact) mass is 325 g/mol. The van der Waals surface area contributed by atoms with Crippen molar-refractivity contribution in [3.05, 3.63) is 52.3 Å². The smallest absolute Gasteiger partial charge is 0.139 e. The minimum atomic E-state index is -1.01. The van der Waals surface area contributed by atoms with Crippen molar-refractivity contribution in [3.8, 4) is 11.8 Å². The molecule has 0 fully saturated rings. The summed E-state index contributed by atoms with van der Waals surface area (Å²) in [5.74, 6) is 6.16. The Bertz CT molecular complexity index is 874. The number of rotatable bonds is 4. The summed E-state index contributed by atoms with van der Waals surface area (Å²) in [6, 6.07) is 9.79. The fourth-order valence-corrected chi connectivity index (χ4v) is 2.59. The Labute approximate surface area is 140 Å². The number of halogens is 1. The molecule has 1 aromatic heterocycles. The van der Waals surface area contributed by atoms with Crippen LogP contribution in [-0.2, 0) is 0 Å². The van der Waals surface area contributed by atoms with Crippen LogP contribution in [0.15, 0.2) is 35.3 Å². The molecule has 0 bridgehead atoms. The number of nitrogens with one attached hydrogen (secondary N) is 1. The number of fused-ring (bicyclic) bond motifs is 1. The molecule has 5 heteroatoms. The van der Waals surface area contributed by atoms with E-state index in [9.17, 15) is 4.39 Å². The second-order valence-corrected chi connectivity index (χ2v) is 5.81. The van der Waals surface area contributed by atoms with Gasteiger partial charge in [-0.1, -0.05) is 5.92 Å². The van der Waals surface area contributed by atoms with E-state index in [0.717, 1.165) is 35.1 Å². The zero-order valence-electron chi connectivity index (χ0n) is 13.6. The lowest BCUT2D eigenvalue weighted by Crippen LogP contribution is -2.30. The van der Waals surface area contributed by atoms with Crippen molar-refractivity contribution in [1.29, 1.82) is 0 Å². The highest BCUT2D eigenvalue weighted by Gasteiger charge is 2.07. The van der Waals surface area contributed by atoms with Gasteiger partial charge in [-0.05, 0) is 48.7 Å². The first-order valence-corrected chi connectivity index (χ1v) is 7.99. The average Bonchev–Trinajstić information content (AvgIpc) is 3.00. The molecule has 0 spiro atoms. The molecule has 24 heavy (non-hydrogen) atoms. The molecule has 0 saturated carbocycles. The normalized spacial score (nSPS) is 15.5. The van der Waals surface area contributed by atoms with E-state index < -0.39 is 6.17 Å². The molecule has 2 heterocycles. The number of hydrogen-bond acceptors (Lipinski definition) is 3. The van der Waals surface area contributed by atoms with Crippen LogP contribution in [0.1, 0.15) is 17.7 Å². The lowest BCUT2D eigenvalue weighted by atomic mass is 10.2. The maximum atomic E-state index is 13.3. The van der Waals surface area contributed by atoms with Crippen LogP contribution in [0.25, 0.3) is 6.08 Å². The quantitative estimate of drug-likeness (QED) is 0.824. The average molecular weight is 325 g/mol. The Hall–Kier alpha value is -2.58. The number of benzene rings is 1. The molecule has 1 aliphatic heterocycles. The number of aromatic amines is 1. The highest BCUT2D eigenvalue weighted by Crippen LogP contribution is 2.13. The predicted molar refractivity (Wildman–Crippen MR) is 93.2 cm³/mol. The second-order valence-electron chi connectivity index (χ2n) is 5.81. The number of nitrogens with zero attached hydrogens (tertiary/aromatic N) is 2. The lowest BCUT2D eigenvalue weighted by molar-refractivity contribution is 0.290. The number of hydrogen-bond donors (Lipinski definition) is 2. The van der Waals surface area contributed by atoms with Gasteiger partial charge in [0, 0.05) is 36.7 Å². The van der Waals surface area contributed by atoms with Crippen LogP contribution < -0.4 is 15.6 Å². The van der Waals surface area contributed by atoms with Gasteiger partial charge >= 0.3 is 0 Å². The Balaban J connectivity index is 1.74. The predicted octanol–water partition coefficient (Wildman–Crippen LogP) is 0.985. The number of aliphatic hydroxyl groups excluding tert-OH is 1. The molecule has 0 amide bonds. The van der Waals surface area contributed by atoms with Gasteiger partial charge in [0.1, 0.15) is 11.7 Å². The van der Waals surface area contributed by atoms with Gasteiger partial charge in [-0.3, -0.25) is 4.99 Å². The second kappa shape index (κ2) is 7.33. The molecule has 1 aliphatic rings. The third-order valence-electron chi connectivity index (χ3n) is 3.91. The van der Waals surface area contributed by atoms with E-state index >= 15 is 0 Å². The molecular weight excluding hydrogens is 305 g/mol. The van der Waals surface area contributed by atoms with E-state index in [0.29, 0.717) is 5.49 Å². The number of aromatic nitrogens is 1. The van der Waals surface area contributed by atoms with Crippen LogP contribution in [0.4, 0.5) is 10.1 Å². The third-order valence-corrected chi connectivity index (χ3v) is 3.91. The van der Waals surface area contributed by atoms with Crippen LogP contribution >= 0.6 is 0 Å². The maximum Gasteiger partial charge on any atom is 0.139 e. The first-order chi connectivity index (χ1) is 11.7. The minimum Gasteiger partial charge on any atom is -0.396 e. The van der Waals surface area contributed by atoms with Crippen LogP contribution in [-0.4, -0.2) is 43.0 Å². The molecule has 4 nitrogen and oxygen atoms in total. The Morgan fingerprint density at radius 1 is 1.33 bits per heavy atom. The Morgan fingerprint density at radius 2 is 2.12 bits per heavy atom. The summed E-state index contributed by atoms with van der Waals surface area (Å²) in [4.78, 5) is 9.35. The van der Waals surface area contributed by atoms with Gasteiger partial charge in [-0.15, -0.1) is 0 Å². The van der Waals surface area contributed by atoms with Gasteiger partial charge in [-0.25, -0.2) is 4.39 Å². The molecule has 2 N–H and O–H groups in total. The molecular formula is C19H20FN3O. The Kier molecular flexibility index (Phi) is 4.97. The van der Waals surface area contributed by atoms with Gasteiger partial charge in [0.2, 0.25) is 0 Å². The van der Waals surface area contributed by atoms with Gasteiger partial charge < -0.3 is 15.0 Å². The molecule has 124 valence electrons.